The van der Waals surface area contributed by atoms with Gasteiger partial charge in [-0.15, -0.1) is 11.3 Å². The van der Waals surface area contributed by atoms with E-state index in [4.69, 9.17) is 11.6 Å². The van der Waals surface area contributed by atoms with Crippen molar-refractivity contribution < 1.29 is 9.59 Å². The maximum atomic E-state index is 12.1. The second kappa shape index (κ2) is 3.86. The second-order valence-corrected chi connectivity index (χ2v) is 6.24. The molecule has 2 rings (SSSR count). The molecular weight excluding hydrogens is 246 g/mol. The number of likely N-dealkylation sites (tertiary alicyclic amines) is 1. The Labute approximate surface area is 103 Å². The number of hydrogen-bond donors (Lipinski definition) is 0. The summed E-state index contributed by atoms with van der Waals surface area (Å²) in [7, 11) is 0. The van der Waals surface area contributed by atoms with Crippen molar-refractivity contribution in [1.82, 2.24) is 4.90 Å². The largest absolute Gasteiger partial charge is 0.325 e. The van der Waals surface area contributed by atoms with Gasteiger partial charge in [0.05, 0.1) is 15.8 Å². The molecule has 1 aliphatic heterocycles. The molecule has 16 heavy (non-hydrogen) atoms. The van der Waals surface area contributed by atoms with Crippen LogP contribution in [0.5, 0.6) is 0 Å². The maximum absolute atomic E-state index is 12.1. The third-order valence-electron chi connectivity index (χ3n) is 2.72. The Morgan fingerprint density at radius 1 is 1.50 bits per heavy atom. The van der Waals surface area contributed by atoms with Crippen LogP contribution in [-0.4, -0.2) is 28.7 Å². The average Bonchev–Trinajstić information content (AvgIpc) is 2.69. The molecule has 0 N–H and O–H groups in total. The lowest BCUT2D eigenvalue weighted by molar-refractivity contribution is -0.116. The Bertz CT molecular complexity index is 453. The minimum atomic E-state index is -0.384. The Balaban J connectivity index is 2.26. The van der Waals surface area contributed by atoms with Crippen molar-refractivity contribution in [2.24, 2.45) is 0 Å². The fourth-order valence-corrected chi connectivity index (χ4v) is 2.93. The molecule has 0 aliphatic carbocycles. The number of ketones is 1. The lowest BCUT2D eigenvalue weighted by Gasteiger charge is -2.30. The first-order valence-corrected chi connectivity index (χ1v) is 6.18. The van der Waals surface area contributed by atoms with Crippen LogP contribution in [0.25, 0.3) is 0 Å². The van der Waals surface area contributed by atoms with Gasteiger partial charge in [0.2, 0.25) is 0 Å². The second-order valence-electron chi connectivity index (χ2n) is 4.52. The van der Waals surface area contributed by atoms with E-state index in [2.05, 4.69) is 0 Å². The van der Waals surface area contributed by atoms with Gasteiger partial charge in [-0.3, -0.25) is 9.59 Å². The third kappa shape index (κ3) is 1.99. The quantitative estimate of drug-likeness (QED) is 0.776. The molecule has 0 spiro atoms. The zero-order valence-electron chi connectivity index (χ0n) is 9.12. The van der Waals surface area contributed by atoms with Crippen molar-refractivity contribution in [2.75, 3.05) is 6.54 Å². The number of hydrogen-bond acceptors (Lipinski definition) is 3. The highest BCUT2D eigenvalue weighted by Crippen LogP contribution is 2.30. The number of nitrogens with zero attached hydrogens (tertiary/aromatic N) is 1. The molecule has 2 heterocycles. The Morgan fingerprint density at radius 2 is 2.19 bits per heavy atom. The number of carbonyl (C=O) groups excluding carboxylic acids is 2. The highest BCUT2D eigenvalue weighted by molar-refractivity contribution is 7.18. The average molecular weight is 258 g/mol. The van der Waals surface area contributed by atoms with Crippen LogP contribution < -0.4 is 0 Å². The van der Waals surface area contributed by atoms with E-state index in [1.165, 1.54) is 11.3 Å². The predicted molar refractivity (Wildman–Crippen MR) is 64.1 cm³/mol. The summed E-state index contributed by atoms with van der Waals surface area (Å²) < 4.78 is 0.590. The summed E-state index contributed by atoms with van der Waals surface area (Å²) in [5, 5.41) is 0. The predicted octanol–water partition coefficient (Wildman–Crippen LogP) is 2.60. The molecule has 1 aromatic heterocycles. The highest BCUT2D eigenvalue weighted by atomic mass is 35.5. The molecule has 0 atom stereocenters. The normalized spacial score (nSPS) is 19.2. The van der Waals surface area contributed by atoms with Crippen molar-refractivity contribution in [3.8, 4) is 0 Å². The topological polar surface area (TPSA) is 37.4 Å². The lowest BCUT2D eigenvalue weighted by atomic mass is 10.0. The highest BCUT2D eigenvalue weighted by Gasteiger charge is 2.40. The summed E-state index contributed by atoms with van der Waals surface area (Å²) in [6.07, 6.45) is 0.428. The molecule has 1 aliphatic rings. The minimum Gasteiger partial charge on any atom is -0.325 e. The summed E-state index contributed by atoms with van der Waals surface area (Å²) in [6.45, 7) is 4.03. The molecule has 0 saturated carbocycles. The molecule has 1 fully saturated rings. The molecule has 86 valence electrons. The van der Waals surface area contributed by atoms with Crippen LogP contribution >= 0.6 is 22.9 Å². The van der Waals surface area contributed by atoms with Crippen LogP contribution in [0, 0.1) is 0 Å². The molecule has 0 unspecified atom stereocenters. The van der Waals surface area contributed by atoms with Crippen molar-refractivity contribution >= 4 is 34.6 Å². The van der Waals surface area contributed by atoms with Crippen molar-refractivity contribution in [3.63, 3.8) is 0 Å². The van der Waals surface area contributed by atoms with Crippen LogP contribution in [-0.2, 0) is 4.79 Å². The van der Waals surface area contributed by atoms with E-state index in [-0.39, 0.29) is 23.8 Å². The van der Waals surface area contributed by atoms with Gasteiger partial charge in [-0.2, -0.15) is 0 Å². The standard InChI is InChI=1S/C11H12ClNO2S/c1-11(2)5-7(14)6-13(11)10(15)8-3-4-9(12)16-8/h3-4H,5-6H2,1-2H3. The van der Waals surface area contributed by atoms with Gasteiger partial charge < -0.3 is 4.90 Å². The van der Waals surface area contributed by atoms with Crippen LogP contribution in [0.2, 0.25) is 4.34 Å². The van der Waals surface area contributed by atoms with E-state index < -0.39 is 0 Å². The van der Waals surface area contributed by atoms with E-state index in [9.17, 15) is 9.59 Å². The molecular formula is C11H12ClNO2S. The van der Waals surface area contributed by atoms with Crippen molar-refractivity contribution in [2.45, 2.75) is 25.8 Å². The first kappa shape index (κ1) is 11.6. The molecule has 3 nitrogen and oxygen atoms in total. The number of halogens is 1. The van der Waals surface area contributed by atoms with Gasteiger partial charge in [0, 0.05) is 12.0 Å². The summed E-state index contributed by atoms with van der Waals surface area (Å²) in [5.74, 6) is 0.00810. The Hall–Kier alpha value is -0.870. The lowest BCUT2D eigenvalue weighted by Crippen LogP contribution is -2.42. The number of amides is 1. The van der Waals surface area contributed by atoms with Gasteiger partial charge in [-0.05, 0) is 26.0 Å². The Morgan fingerprint density at radius 3 is 2.62 bits per heavy atom. The third-order valence-corrected chi connectivity index (χ3v) is 3.94. The van der Waals surface area contributed by atoms with Gasteiger partial charge in [0.25, 0.3) is 5.91 Å². The molecule has 1 aromatic rings. The summed E-state index contributed by atoms with van der Waals surface area (Å²) in [6, 6.07) is 3.40. The van der Waals surface area contributed by atoms with Crippen LogP contribution in [0.15, 0.2) is 12.1 Å². The smallest absolute Gasteiger partial charge is 0.264 e. The zero-order chi connectivity index (χ0) is 11.9. The zero-order valence-corrected chi connectivity index (χ0v) is 10.7. The van der Waals surface area contributed by atoms with E-state index in [0.29, 0.717) is 15.6 Å². The van der Waals surface area contributed by atoms with E-state index >= 15 is 0 Å². The molecule has 0 radical (unpaired) electrons. The van der Waals surface area contributed by atoms with Gasteiger partial charge in [0.15, 0.2) is 5.78 Å². The van der Waals surface area contributed by atoms with Gasteiger partial charge in [-0.1, -0.05) is 11.6 Å². The fourth-order valence-electron chi connectivity index (χ4n) is 1.93. The summed E-state index contributed by atoms with van der Waals surface area (Å²) in [5.41, 5.74) is -0.384. The monoisotopic (exact) mass is 257 g/mol. The van der Waals surface area contributed by atoms with E-state index in [1.807, 2.05) is 13.8 Å². The summed E-state index contributed by atoms with van der Waals surface area (Å²) in [4.78, 5) is 25.8. The molecule has 1 amide bonds. The van der Waals surface area contributed by atoms with Crippen LogP contribution in [0.1, 0.15) is 29.9 Å². The molecule has 5 heteroatoms. The maximum Gasteiger partial charge on any atom is 0.264 e. The van der Waals surface area contributed by atoms with Crippen molar-refractivity contribution in [1.29, 1.82) is 0 Å². The SMILES string of the molecule is CC1(C)CC(=O)CN1C(=O)c1ccc(Cl)s1. The minimum absolute atomic E-state index is 0.104. The number of carbonyl (C=O) groups is 2. The first-order valence-electron chi connectivity index (χ1n) is 4.99. The first-order chi connectivity index (χ1) is 7.40. The van der Waals surface area contributed by atoms with Crippen LogP contribution in [0.4, 0.5) is 0 Å². The van der Waals surface area contributed by atoms with Crippen molar-refractivity contribution in [3.05, 3.63) is 21.3 Å². The number of rotatable bonds is 1. The van der Waals surface area contributed by atoms with Gasteiger partial charge in [0.1, 0.15) is 0 Å². The fraction of sp³-hybridized carbons (Fsp3) is 0.455. The molecule has 0 bridgehead atoms. The Kier molecular flexibility index (Phi) is 2.80. The summed E-state index contributed by atoms with van der Waals surface area (Å²) >= 11 is 7.04. The van der Waals surface area contributed by atoms with Crippen LogP contribution in [0.3, 0.4) is 0 Å². The molecule has 0 aromatic carbocycles. The van der Waals surface area contributed by atoms with E-state index in [1.54, 1.807) is 17.0 Å². The van der Waals surface area contributed by atoms with Gasteiger partial charge >= 0.3 is 0 Å². The van der Waals surface area contributed by atoms with Gasteiger partial charge in [-0.25, -0.2) is 0 Å². The molecule has 1 saturated heterocycles. The number of Topliss-reactive ketones (excluding diaryl/α,β-unsaturated/α-hetero) is 1. The van der Waals surface area contributed by atoms with E-state index in [0.717, 1.165) is 0 Å². The number of thiophene rings is 1.